The Labute approximate surface area is 118 Å². The fourth-order valence-electron chi connectivity index (χ4n) is 4.67. The topological polar surface area (TPSA) is 27.7 Å². The van der Waals surface area contributed by atoms with Gasteiger partial charge in [-0.3, -0.25) is 0 Å². The largest absolute Gasteiger partial charge is 0.378 e. The molecule has 0 heterocycles. The zero-order chi connectivity index (χ0) is 13.9. The molecule has 3 heteroatoms. The summed E-state index contributed by atoms with van der Waals surface area (Å²) in [6, 6.07) is 0. The van der Waals surface area contributed by atoms with Gasteiger partial charge in [-0.25, -0.2) is 0 Å². The molecule has 0 bridgehead atoms. The van der Waals surface area contributed by atoms with Crippen LogP contribution in [-0.4, -0.2) is 38.6 Å². The van der Waals surface area contributed by atoms with Gasteiger partial charge in [-0.15, -0.1) is 0 Å². The molecule has 3 nitrogen and oxygen atoms in total. The molecule has 2 saturated carbocycles. The molecule has 0 amide bonds. The summed E-state index contributed by atoms with van der Waals surface area (Å²) >= 11 is 0. The Kier molecular flexibility index (Phi) is 4.91. The van der Waals surface area contributed by atoms with Crippen LogP contribution in [-0.2, 0) is 14.2 Å². The van der Waals surface area contributed by atoms with Gasteiger partial charge in [0, 0.05) is 21.3 Å². The molecule has 2 fully saturated rings. The maximum absolute atomic E-state index is 6.18. The summed E-state index contributed by atoms with van der Waals surface area (Å²) < 4.78 is 18.0. The van der Waals surface area contributed by atoms with E-state index in [1.54, 1.807) is 0 Å². The average molecular weight is 270 g/mol. The van der Waals surface area contributed by atoms with Gasteiger partial charge in [-0.2, -0.15) is 0 Å². The normalized spacial score (nSPS) is 41.4. The van der Waals surface area contributed by atoms with Gasteiger partial charge in [0.1, 0.15) is 5.60 Å². The minimum atomic E-state index is -0.283. The molecular weight excluding hydrogens is 240 g/mol. The van der Waals surface area contributed by atoms with Crippen molar-refractivity contribution in [1.82, 2.24) is 0 Å². The number of hydrogen-bond acceptors (Lipinski definition) is 3. The van der Waals surface area contributed by atoms with Gasteiger partial charge in [0.25, 0.3) is 0 Å². The van der Waals surface area contributed by atoms with E-state index in [-0.39, 0.29) is 17.3 Å². The van der Waals surface area contributed by atoms with Crippen molar-refractivity contribution in [3.8, 4) is 0 Å². The predicted octanol–water partition coefficient (Wildman–Crippen LogP) is 3.56. The van der Waals surface area contributed by atoms with Crippen molar-refractivity contribution < 1.29 is 14.2 Å². The second-order valence-electron chi connectivity index (χ2n) is 6.38. The monoisotopic (exact) mass is 270 g/mol. The number of hydrogen-bond donors (Lipinski definition) is 0. The maximum Gasteiger partial charge on any atom is 0.125 e. The highest BCUT2D eigenvalue weighted by Gasteiger charge is 2.60. The summed E-state index contributed by atoms with van der Waals surface area (Å²) in [5.41, 5.74) is -0.516. The molecule has 0 N–H and O–H groups in total. The Bertz CT molecular complexity index is 288. The molecule has 0 radical (unpaired) electrons. The van der Waals surface area contributed by atoms with Crippen molar-refractivity contribution in [3.05, 3.63) is 0 Å². The average Bonchev–Trinajstić information content (AvgIpc) is 2.48. The van der Waals surface area contributed by atoms with Crippen LogP contribution < -0.4 is 0 Å². The van der Waals surface area contributed by atoms with Crippen LogP contribution in [0.1, 0.15) is 58.3 Å². The van der Waals surface area contributed by atoms with E-state index in [4.69, 9.17) is 14.2 Å². The van der Waals surface area contributed by atoms with Gasteiger partial charge >= 0.3 is 0 Å². The summed E-state index contributed by atoms with van der Waals surface area (Å²) in [6.07, 6.45) is 9.92. The molecule has 19 heavy (non-hydrogen) atoms. The van der Waals surface area contributed by atoms with Crippen LogP contribution in [0.25, 0.3) is 0 Å². The Hall–Kier alpha value is -0.120. The molecule has 0 aromatic carbocycles. The molecule has 2 aliphatic rings. The fraction of sp³-hybridized carbons (Fsp3) is 1.00. The lowest BCUT2D eigenvalue weighted by molar-refractivity contribution is -0.273. The molecule has 2 aliphatic carbocycles. The third-order valence-electron chi connectivity index (χ3n) is 5.71. The number of methoxy groups -OCH3 is 3. The molecule has 2 rings (SSSR count). The van der Waals surface area contributed by atoms with E-state index >= 15 is 0 Å². The molecule has 0 spiro atoms. The van der Waals surface area contributed by atoms with Crippen LogP contribution in [0.15, 0.2) is 0 Å². The first-order chi connectivity index (χ1) is 9.14. The highest BCUT2D eigenvalue weighted by molar-refractivity contribution is 5.11. The highest BCUT2D eigenvalue weighted by atomic mass is 16.6. The Morgan fingerprint density at radius 3 is 2.05 bits per heavy atom. The van der Waals surface area contributed by atoms with Crippen LogP contribution in [0.2, 0.25) is 0 Å². The summed E-state index contributed by atoms with van der Waals surface area (Å²) in [4.78, 5) is 0. The van der Waals surface area contributed by atoms with Gasteiger partial charge in [0.2, 0.25) is 0 Å². The molecule has 3 unspecified atom stereocenters. The lowest BCUT2D eigenvalue weighted by Gasteiger charge is -2.57. The quantitative estimate of drug-likeness (QED) is 0.782. The molecule has 3 atom stereocenters. The van der Waals surface area contributed by atoms with Gasteiger partial charge in [-0.1, -0.05) is 19.3 Å². The first-order valence-corrected chi connectivity index (χ1v) is 7.77. The number of ether oxygens (including phenoxy) is 3. The van der Waals surface area contributed by atoms with E-state index in [0.717, 1.165) is 19.3 Å². The highest BCUT2D eigenvalue weighted by Crippen LogP contribution is 2.51. The molecule has 0 aromatic rings. The molecule has 112 valence electrons. The summed E-state index contributed by atoms with van der Waals surface area (Å²) in [6.45, 7) is 2.22. The molecular formula is C16H30O3. The van der Waals surface area contributed by atoms with Crippen molar-refractivity contribution in [1.29, 1.82) is 0 Å². The van der Waals surface area contributed by atoms with E-state index in [2.05, 4.69) is 6.92 Å². The van der Waals surface area contributed by atoms with Crippen molar-refractivity contribution >= 4 is 0 Å². The minimum absolute atomic E-state index is 0.152. The van der Waals surface area contributed by atoms with Crippen molar-refractivity contribution in [2.45, 2.75) is 75.6 Å². The van der Waals surface area contributed by atoms with E-state index in [1.807, 2.05) is 21.3 Å². The van der Waals surface area contributed by atoms with Crippen LogP contribution in [0.3, 0.4) is 0 Å². The zero-order valence-electron chi connectivity index (χ0n) is 13.0. The van der Waals surface area contributed by atoms with Gasteiger partial charge < -0.3 is 14.2 Å². The van der Waals surface area contributed by atoms with Crippen molar-refractivity contribution in [3.63, 3.8) is 0 Å². The standard InChI is InChI=1S/C16H30O3/c1-15(18-3)12-8-11-14(17-2)16(15,19-4)13-9-6-5-7-10-13/h13-14H,5-12H2,1-4H3. The van der Waals surface area contributed by atoms with Crippen molar-refractivity contribution in [2.75, 3.05) is 21.3 Å². The van der Waals surface area contributed by atoms with Gasteiger partial charge in [-0.05, 0) is 44.9 Å². The summed E-state index contributed by atoms with van der Waals surface area (Å²) in [5, 5.41) is 0. The second-order valence-corrected chi connectivity index (χ2v) is 6.38. The van der Waals surface area contributed by atoms with Crippen molar-refractivity contribution in [2.24, 2.45) is 5.92 Å². The first kappa shape index (κ1) is 15.3. The van der Waals surface area contributed by atoms with Crippen LogP contribution >= 0.6 is 0 Å². The fourth-order valence-corrected chi connectivity index (χ4v) is 4.67. The van der Waals surface area contributed by atoms with E-state index < -0.39 is 0 Å². The Morgan fingerprint density at radius 1 is 0.842 bits per heavy atom. The SMILES string of the molecule is COC1CCCC(C)(OC)C1(OC)C1CCCCC1. The minimum Gasteiger partial charge on any atom is -0.378 e. The molecule has 0 saturated heterocycles. The Balaban J connectivity index is 2.37. The maximum atomic E-state index is 6.18. The second kappa shape index (κ2) is 6.11. The van der Waals surface area contributed by atoms with E-state index in [1.165, 1.54) is 32.1 Å². The molecule has 0 aliphatic heterocycles. The van der Waals surface area contributed by atoms with E-state index in [0.29, 0.717) is 5.92 Å². The van der Waals surface area contributed by atoms with Crippen LogP contribution in [0.4, 0.5) is 0 Å². The van der Waals surface area contributed by atoms with Crippen LogP contribution in [0, 0.1) is 5.92 Å². The number of rotatable bonds is 4. The molecule has 0 aromatic heterocycles. The third kappa shape index (κ3) is 2.34. The van der Waals surface area contributed by atoms with Crippen LogP contribution in [0.5, 0.6) is 0 Å². The van der Waals surface area contributed by atoms with Gasteiger partial charge in [0.05, 0.1) is 11.7 Å². The zero-order valence-corrected chi connectivity index (χ0v) is 13.0. The van der Waals surface area contributed by atoms with Gasteiger partial charge in [0.15, 0.2) is 0 Å². The summed E-state index contributed by atoms with van der Waals surface area (Å²) in [5.74, 6) is 0.557. The smallest absolute Gasteiger partial charge is 0.125 e. The third-order valence-corrected chi connectivity index (χ3v) is 5.71. The first-order valence-electron chi connectivity index (χ1n) is 7.77. The lowest BCUT2D eigenvalue weighted by Crippen LogP contribution is -2.68. The Morgan fingerprint density at radius 2 is 1.53 bits per heavy atom. The summed E-state index contributed by atoms with van der Waals surface area (Å²) in [7, 11) is 5.50. The predicted molar refractivity (Wildman–Crippen MR) is 76.4 cm³/mol. The van der Waals surface area contributed by atoms with E-state index in [9.17, 15) is 0 Å². The lowest BCUT2D eigenvalue weighted by atomic mass is 9.61.